The molecule has 0 saturated carbocycles. The Morgan fingerprint density at radius 2 is 0.559 bits per heavy atom. The number of esters is 2. The molecule has 0 N–H and O–H groups in total. The van der Waals surface area contributed by atoms with E-state index in [1.807, 2.05) is 21.1 Å². The van der Waals surface area contributed by atoms with E-state index in [9.17, 15) is 19.5 Å². The largest absolute Gasteiger partial charge is 0.545 e. The van der Waals surface area contributed by atoms with Gasteiger partial charge in [-0.3, -0.25) is 9.59 Å². The molecule has 0 aromatic heterocycles. The number of carboxylic acids is 1. The van der Waals surface area contributed by atoms with Gasteiger partial charge in [0.1, 0.15) is 13.2 Å². The van der Waals surface area contributed by atoms with Gasteiger partial charge in [-0.15, -0.1) is 0 Å². The minimum Gasteiger partial charge on any atom is -0.545 e. The molecular weight excluding hydrogens is 1260 g/mol. The first kappa shape index (κ1) is 98.0. The van der Waals surface area contributed by atoms with Gasteiger partial charge in [-0.25, -0.2) is 0 Å². The maximum absolute atomic E-state index is 13.0. The Hall–Kier alpha value is -4.05. The molecule has 0 aliphatic heterocycles. The predicted octanol–water partition coefficient (Wildman–Crippen LogP) is 27.1. The van der Waals surface area contributed by atoms with E-state index in [1.165, 1.54) is 276 Å². The van der Waals surface area contributed by atoms with Crippen LogP contribution in [0.25, 0.3) is 0 Å². The van der Waals surface area contributed by atoms with Gasteiger partial charge in [0, 0.05) is 12.8 Å². The van der Waals surface area contributed by atoms with Gasteiger partial charge in [-0.2, -0.15) is 0 Å². The molecule has 0 bridgehead atoms. The van der Waals surface area contributed by atoms with Crippen molar-refractivity contribution in [1.29, 1.82) is 0 Å². The van der Waals surface area contributed by atoms with E-state index in [-0.39, 0.29) is 32.2 Å². The minimum atomic E-state index is -1.63. The number of carboxylic acid groups (broad SMARTS) is 1. The van der Waals surface area contributed by atoms with Gasteiger partial charge in [-0.05, 0) is 83.5 Å². The Bertz CT molecular complexity index is 2060. The van der Waals surface area contributed by atoms with Gasteiger partial charge in [0.15, 0.2) is 12.4 Å². The maximum Gasteiger partial charge on any atom is 0.306 e. The highest BCUT2D eigenvalue weighted by atomic mass is 16.7. The highest BCUT2D eigenvalue weighted by Gasteiger charge is 2.22. The minimum absolute atomic E-state index is 0.146. The third kappa shape index (κ3) is 83.2. The summed E-state index contributed by atoms with van der Waals surface area (Å²) in [6.07, 6.45) is 114. The van der Waals surface area contributed by atoms with E-state index in [0.29, 0.717) is 23.9 Å². The normalized spacial score (nSPS) is 13.1. The molecule has 0 heterocycles. The lowest BCUT2D eigenvalue weighted by Gasteiger charge is -2.26. The molecule has 0 radical (unpaired) electrons. The van der Waals surface area contributed by atoms with E-state index in [2.05, 4.69) is 123 Å². The predicted molar refractivity (Wildman–Crippen MR) is 440 cm³/mol. The Kier molecular flexibility index (Phi) is 79.3. The second-order valence-electron chi connectivity index (χ2n) is 30.5. The van der Waals surface area contributed by atoms with Crippen LogP contribution in [0.3, 0.4) is 0 Å². The summed E-state index contributed by atoms with van der Waals surface area (Å²) in [4.78, 5) is 37.7. The fourth-order valence-electron chi connectivity index (χ4n) is 12.7. The monoisotopic (exact) mass is 1420 g/mol. The topological polar surface area (TPSA) is 111 Å². The van der Waals surface area contributed by atoms with Gasteiger partial charge in [-0.1, -0.05) is 419 Å². The average Bonchev–Trinajstić information content (AvgIpc) is 0.999. The summed E-state index contributed by atoms with van der Waals surface area (Å²) in [5.41, 5.74) is 0. The Morgan fingerprint density at radius 1 is 0.304 bits per heavy atom. The Labute approximate surface area is 632 Å². The molecule has 9 nitrogen and oxygen atoms in total. The van der Waals surface area contributed by atoms with Crippen molar-refractivity contribution in [2.45, 2.75) is 418 Å². The second kappa shape index (κ2) is 82.6. The standard InChI is InChI=1S/C93H165NO8/c1-6-8-10-12-14-16-18-20-22-24-26-28-30-32-34-36-38-40-42-44-45-46-47-48-50-52-54-56-58-60-62-64-66-68-70-72-74-76-78-80-82-84-91(96)102-89(88-101-93(92(97)98)99-86-85-94(3,4)5)87-100-90(95)83-81-79-77-75-73-71-69-67-65-63-61-59-57-55-53-51-49-43-41-39-37-35-33-31-29-27-25-23-21-19-17-15-13-11-9-7-2/h8,10,14,16,20,22,26,28,32,34,38,40,44-45,47-48,52,54,89,93H,6-7,9,11-13,15,17-19,21,23-25,27,29-31,33,35-37,39,41-43,46,49-51,53,55-88H2,1-5H3/b10-8-,16-14-,22-20-,28-26-,34-32-,40-38-,45-44-,48-47-,54-52-. The quantitative estimate of drug-likeness (QED) is 0.0195. The molecule has 0 aromatic rings. The molecule has 9 heteroatoms. The van der Waals surface area contributed by atoms with Crippen molar-refractivity contribution >= 4 is 17.9 Å². The highest BCUT2D eigenvalue weighted by Crippen LogP contribution is 2.20. The van der Waals surface area contributed by atoms with Crippen molar-refractivity contribution in [3.8, 4) is 0 Å². The van der Waals surface area contributed by atoms with Crippen LogP contribution in [0.1, 0.15) is 406 Å². The van der Waals surface area contributed by atoms with Crippen LogP contribution in [0.2, 0.25) is 0 Å². The fraction of sp³-hybridized carbons (Fsp3) is 0.774. The zero-order chi connectivity index (χ0) is 73.9. The number of hydrogen-bond acceptors (Lipinski definition) is 8. The zero-order valence-corrected chi connectivity index (χ0v) is 67.7. The molecule has 0 amide bonds. The molecule has 0 saturated heterocycles. The molecule has 590 valence electrons. The number of quaternary nitrogens is 1. The van der Waals surface area contributed by atoms with Gasteiger partial charge >= 0.3 is 11.9 Å². The van der Waals surface area contributed by atoms with E-state index in [4.69, 9.17) is 18.9 Å². The number of ether oxygens (including phenoxy) is 4. The Morgan fingerprint density at radius 3 is 0.833 bits per heavy atom. The molecule has 0 spiro atoms. The van der Waals surface area contributed by atoms with Crippen molar-refractivity contribution < 1.29 is 42.9 Å². The van der Waals surface area contributed by atoms with Gasteiger partial charge in [0.05, 0.1) is 40.3 Å². The fourth-order valence-corrected chi connectivity index (χ4v) is 12.7. The van der Waals surface area contributed by atoms with E-state index >= 15 is 0 Å². The number of nitrogens with zero attached hydrogens (tertiary/aromatic N) is 1. The van der Waals surface area contributed by atoms with Crippen molar-refractivity contribution in [2.75, 3.05) is 47.5 Å². The number of aliphatic carboxylic acids is 1. The smallest absolute Gasteiger partial charge is 0.306 e. The lowest BCUT2D eigenvalue weighted by molar-refractivity contribution is -0.870. The lowest BCUT2D eigenvalue weighted by atomic mass is 10.0. The van der Waals surface area contributed by atoms with Crippen LogP contribution in [0.5, 0.6) is 0 Å². The summed E-state index contributed by atoms with van der Waals surface area (Å²) in [6.45, 7) is 4.69. The maximum atomic E-state index is 13.0. The molecular formula is C93H165NO8. The SMILES string of the molecule is CC/C=C\C/C=C\C/C=C\C/C=C\C/C=C\C/C=C\C/C=C\C/C=C\C/C=C\CCCCCCCCCCCCCCCC(=O)OC(COC(=O)CCCCCCCCCCCCCCCCCCCCCCCCCCCCCCCCCCCCCC)COC(OCC[N+](C)(C)C)C(=O)[O-]. The average molecular weight is 1430 g/mol. The lowest BCUT2D eigenvalue weighted by Crippen LogP contribution is -2.44. The van der Waals surface area contributed by atoms with Crippen LogP contribution in [0.4, 0.5) is 0 Å². The third-order valence-electron chi connectivity index (χ3n) is 19.3. The molecule has 0 rings (SSSR count). The highest BCUT2D eigenvalue weighted by molar-refractivity contribution is 5.70. The van der Waals surface area contributed by atoms with Crippen molar-refractivity contribution in [1.82, 2.24) is 0 Å². The molecule has 2 unspecified atom stereocenters. The Balaban J connectivity index is 3.99. The number of likely N-dealkylation sites (N-methyl/N-ethyl adjacent to an activating group) is 1. The molecule has 102 heavy (non-hydrogen) atoms. The summed E-state index contributed by atoms with van der Waals surface area (Å²) < 4.78 is 22.9. The van der Waals surface area contributed by atoms with Crippen molar-refractivity contribution in [3.05, 3.63) is 109 Å². The van der Waals surface area contributed by atoms with Gasteiger partial charge in [0.25, 0.3) is 0 Å². The second-order valence-corrected chi connectivity index (χ2v) is 30.5. The van der Waals surface area contributed by atoms with Crippen molar-refractivity contribution in [2.24, 2.45) is 0 Å². The summed E-state index contributed by atoms with van der Waals surface area (Å²) in [6, 6.07) is 0. The number of allylic oxidation sites excluding steroid dienone is 18. The van der Waals surface area contributed by atoms with E-state index in [0.717, 1.165) is 96.3 Å². The first-order valence-electron chi connectivity index (χ1n) is 43.5. The summed E-state index contributed by atoms with van der Waals surface area (Å²) >= 11 is 0. The number of carbonyl (C=O) groups excluding carboxylic acids is 3. The third-order valence-corrected chi connectivity index (χ3v) is 19.3. The van der Waals surface area contributed by atoms with Gasteiger partial charge < -0.3 is 33.3 Å². The molecule has 0 aliphatic rings. The van der Waals surface area contributed by atoms with Crippen LogP contribution in [0.15, 0.2) is 109 Å². The molecule has 0 aromatic carbocycles. The van der Waals surface area contributed by atoms with Crippen LogP contribution in [-0.4, -0.2) is 82.3 Å². The first-order chi connectivity index (χ1) is 50.1. The van der Waals surface area contributed by atoms with Gasteiger partial charge in [0.2, 0.25) is 0 Å². The van der Waals surface area contributed by atoms with Crippen molar-refractivity contribution in [3.63, 3.8) is 0 Å². The van der Waals surface area contributed by atoms with Crippen LogP contribution >= 0.6 is 0 Å². The molecule has 2 atom stereocenters. The molecule has 0 aliphatic carbocycles. The number of unbranched alkanes of at least 4 members (excludes halogenated alkanes) is 48. The first-order valence-corrected chi connectivity index (χ1v) is 43.5. The number of carbonyl (C=O) groups is 3. The van der Waals surface area contributed by atoms with E-state index < -0.39 is 24.3 Å². The summed E-state index contributed by atoms with van der Waals surface area (Å²) in [5, 5.41) is 11.9. The summed E-state index contributed by atoms with van der Waals surface area (Å²) in [7, 11) is 5.95. The zero-order valence-electron chi connectivity index (χ0n) is 67.7. The summed E-state index contributed by atoms with van der Waals surface area (Å²) in [5.74, 6) is -2.26. The van der Waals surface area contributed by atoms with Crippen LogP contribution in [0, 0.1) is 0 Å². The number of rotatable bonds is 81. The van der Waals surface area contributed by atoms with Crippen LogP contribution in [-0.2, 0) is 33.3 Å². The molecule has 0 fully saturated rings. The van der Waals surface area contributed by atoms with E-state index in [1.54, 1.807) is 0 Å². The van der Waals surface area contributed by atoms with Crippen LogP contribution < -0.4 is 5.11 Å². The number of hydrogen-bond donors (Lipinski definition) is 0.